The number of carbonyl (C=O) groups is 5. The number of amides is 1. The average Bonchev–Trinajstić information content (AvgIpc) is 3.99. The summed E-state index contributed by atoms with van der Waals surface area (Å²) in [5, 5.41) is -1.16. The molecule has 5 N–H and O–H groups in total. The van der Waals surface area contributed by atoms with E-state index in [1.165, 1.54) is 13.1 Å². The number of nitrogens with one attached hydrogen (secondary N) is 1. The minimum atomic E-state index is -3.22. The van der Waals surface area contributed by atoms with Gasteiger partial charge in [-0.15, -0.1) is 12.4 Å². The van der Waals surface area contributed by atoms with Crippen LogP contribution in [-0.4, -0.2) is 82.4 Å². The molecule has 0 saturated carbocycles. The van der Waals surface area contributed by atoms with Crippen LogP contribution in [0, 0.1) is 0 Å². The molecule has 6 aromatic rings. The van der Waals surface area contributed by atoms with Crippen LogP contribution in [0.25, 0.3) is 22.6 Å². The zero-order chi connectivity index (χ0) is 47.0. The number of ether oxygens (including phenoxy) is 2. The van der Waals surface area contributed by atoms with E-state index in [1.54, 1.807) is 74.9 Å². The third-order valence-corrected chi connectivity index (χ3v) is 6.94. The van der Waals surface area contributed by atoms with Crippen molar-refractivity contribution in [2.45, 2.75) is 20.8 Å². The minimum Gasteiger partial charge on any atom is -0.870 e. The van der Waals surface area contributed by atoms with Gasteiger partial charge in [-0.2, -0.15) is 6.29 Å². The van der Waals surface area contributed by atoms with Crippen molar-refractivity contribution in [2.75, 3.05) is 26.3 Å². The third-order valence-electron chi connectivity index (χ3n) is 6.72. The van der Waals surface area contributed by atoms with E-state index in [9.17, 15) is 33.3 Å². The summed E-state index contributed by atoms with van der Waals surface area (Å²) in [6, 6.07) is 36.5. The topological polar surface area (TPSA) is 288 Å². The Bertz CT molecular complexity index is 2330. The van der Waals surface area contributed by atoms with Crippen molar-refractivity contribution in [1.82, 2.24) is 15.3 Å². The summed E-state index contributed by atoms with van der Waals surface area (Å²) >= 11 is 19.0. The monoisotopic (exact) mass is 1080 g/mol. The number of oxazole rings is 2. The van der Waals surface area contributed by atoms with Gasteiger partial charge in [0.15, 0.2) is 11.5 Å². The number of hydrogen-bond donors (Lipinski definition) is 2. The second-order valence-electron chi connectivity index (χ2n) is 11.4. The molecule has 0 spiro atoms. The molecule has 0 aliphatic heterocycles. The molecule has 0 saturated heterocycles. The van der Waals surface area contributed by atoms with Gasteiger partial charge >= 0.3 is 76.3 Å². The standard InChI is InChI=1S/C11H13NO3.C11H9NO2.C10H6NO2.C7H5ClO.C4H9NO2.Cl3OP.ClH.2Na.2H2O/c1-2-15-10(13)8-12-11(14)9-6-4-3-5-7-9;1-8(13)11-12-7-10(14-11)9-5-3-2-4-6-9;12-7-10-11-6-9(13-10)8-4-2-1-3-5-8;8-7(9)6-4-2-1-3-5-6;1-2-7-4(6)3-5;1-5(2,3)4;;;;;/h3-7H,2,8H2,1H3,(H,12,14);2-7H,1H3;1-6H;1-5H;2-3,5H2,1H3;;1H;;;2*1H2/q;;-1;;;;;2*+1;;/p-2. The molecule has 0 bridgehead atoms. The first-order valence-electron chi connectivity index (χ1n) is 18.2. The van der Waals surface area contributed by atoms with Crippen LogP contribution < -0.4 is 70.2 Å². The van der Waals surface area contributed by atoms with Crippen molar-refractivity contribution in [3.63, 3.8) is 0 Å². The van der Waals surface area contributed by atoms with Gasteiger partial charge in [0.05, 0.1) is 38.0 Å². The first-order valence-corrected chi connectivity index (χ1v) is 23.0. The van der Waals surface area contributed by atoms with E-state index < -0.39 is 16.4 Å². The molecule has 2 aromatic heterocycles. The van der Waals surface area contributed by atoms with Crippen molar-refractivity contribution in [2.24, 2.45) is 5.73 Å². The number of rotatable bonds is 11. The Kier molecular flexibility index (Phi) is 46.7. The van der Waals surface area contributed by atoms with Gasteiger partial charge in [0.2, 0.25) is 5.78 Å². The van der Waals surface area contributed by atoms with E-state index >= 15 is 0 Å². The summed E-state index contributed by atoms with van der Waals surface area (Å²) in [5.41, 5.74) is 7.78. The van der Waals surface area contributed by atoms with Gasteiger partial charge in [0, 0.05) is 29.2 Å². The number of nitrogens with two attached hydrogens (primary N) is 1. The summed E-state index contributed by atoms with van der Waals surface area (Å²) < 4.78 is 29.0. The maximum absolute atomic E-state index is 11.4. The molecule has 4 aromatic carbocycles. The molecule has 2 heterocycles. The maximum atomic E-state index is 11.4. The smallest absolute Gasteiger partial charge is 0.870 e. The normalized spacial score (nSPS) is 8.94. The Morgan fingerprint density at radius 1 is 0.676 bits per heavy atom. The molecule has 0 aliphatic rings. The van der Waals surface area contributed by atoms with Crippen molar-refractivity contribution in [3.8, 4) is 22.6 Å². The van der Waals surface area contributed by atoms with Gasteiger partial charge in [-0.25, -0.2) is 4.98 Å². The fraction of sp³-hybridized carbons (Fsp3) is 0.163. The molecule has 17 nitrogen and oxygen atoms in total. The van der Waals surface area contributed by atoms with Crippen LogP contribution in [0.3, 0.4) is 0 Å². The molecule has 0 atom stereocenters. The minimum absolute atomic E-state index is 0. The Labute approximate surface area is 462 Å². The molecule has 0 aliphatic carbocycles. The average molecular weight is 1080 g/mol. The predicted molar refractivity (Wildman–Crippen MR) is 253 cm³/mol. The SMILES string of the molecule is CC(=O)c1ncc(-c2ccccc2)o1.CCOC(=O)CN.CCOC(=O)CNC(=O)c1ccccc1.Cl.O=C(Cl)c1ccccc1.O=P(Cl)(Cl)Cl.O=[C-]c1ncc(-c2ccccc2)o1.[Na+].[Na+].[OH-].[OH-]. The molecule has 358 valence electrons. The second kappa shape index (κ2) is 43.3. The van der Waals surface area contributed by atoms with Crippen molar-refractivity contribution in [1.29, 1.82) is 0 Å². The predicted octanol–water partition coefficient (Wildman–Crippen LogP) is 3.78. The molecule has 0 radical (unpaired) electrons. The van der Waals surface area contributed by atoms with Crippen molar-refractivity contribution >= 4 is 98.1 Å². The van der Waals surface area contributed by atoms with Crippen LogP contribution in [0.4, 0.5) is 0 Å². The number of Topliss-reactive ketones (excluding diaryl/α,β-unsaturated/α-hetero) is 1. The number of carbonyl (C=O) groups excluding carboxylic acids is 6. The van der Waals surface area contributed by atoms with Crippen LogP contribution in [0.15, 0.2) is 143 Å². The molecule has 68 heavy (non-hydrogen) atoms. The summed E-state index contributed by atoms with van der Waals surface area (Å²) in [4.78, 5) is 71.6. The maximum Gasteiger partial charge on any atom is 1.00 e. The fourth-order valence-corrected chi connectivity index (χ4v) is 4.20. The molecule has 1 amide bonds. The second-order valence-corrected chi connectivity index (χ2v) is 18.3. The Morgan fingerprint density at radius 2 is 1.06 bits per heavy atom. The van der Waals surface area contributed by atoms with Gasteiger partial charge in [-0.1, -0.05) is 109 Å². The molecule has 6 rings (SSSR count). The molecule has 0 fully saturated rings. The van der Waals surface area contributed by atoms with Gasteiger partial charge < -0.3 is 45.1 Å². The van der Waals surface area contributed by atoms with Gasteiger partial charge in [0.25, 0.3) is 17.0 Å². The van der Waals surface area contributed by atoms with Crippen LogP contribution in [0.2, 0.25) is 0 Å². The van der Waals surface area contributed by atoms with Crippen LogP contribution >= 0.6 is 62.9 Å². The van der Waals surface area contributed by atoms with Crippen molar-refractivity contribution < 1.29 is 122 Å². The van der Waals surface area contributed by atoms with E-state index in [-0.39, 0.29) is 125 Å². The van der Waals surface area contributed by atoms with Gasteiger partial charge in [0.1, 0.15) is 6.54 Å². The summed E-state index contributed by atoms with van der Waals surface area (Å²) in [6.07, 6.45) is 4.66. The van der Waals surface area contributed by atoms with E-state index in [4.69, 9.17) is 26.2 Å². The fourth-order valence-electron chi connectivity index (χ4n) is 4.08. The number of ketones is 1. The van der Waals surface area contributed by atoms with E-state index in [0.717, 1.165) is 11.1 Å². The van der Waals surface area contributed by atoms with E-state index in [2.05, 4.69) is 58.5 Å². The molecular weight excluding hydrogens is 1030 g/mol. The van der Waals surface area contributed by atoms with E-state index in [1.807, 2.05) is 72.8 Å². The summed E-state index contributed by atoms with van der Waals surface area (Å²) in [6.45, 7) is 5.51. The first-order chi connectivity index (χ1) is 30.0. The Hall–Kier alpha value is -3.72. The third kappa shape index (κ3) is 35.4. The van der Waals surface area contributed by atoms with Crippen LogP contribution in [0.1, 0.15) is 58.1 Å². The zero-order valence-electron chi connectivity index (χ0n) is 37.3. The molecule has 25 heteroatoms. The van der Waals surface area contributed by atoms with E-state index in [0.29, 0.717) is 35.9 Å². The van der Waals surface area contributed by atoms with Crippen LogP contribution in [0.5, 0.6) is 0 Å². The van der Waals surface area contributed by atoms with Crippen LogP contribution in [-0.2, 0) is 28.4 Å². The Balaban J connectivity index is -0.000000237. The summed E-state index contributed by atoms with van der Waals surface area (Å²) in [7, 11) is 0. The number of benzene rings is 4. The van der Waals surface area contributed by atoms with Gasteiger partial charge in [-0.05, 0) is 71.3 Å². The number of nitrogens with zero attached hydrogens (tertiary/aromatic N) is 2. The molecule has 0 unspecified atom stereocenters. The molecular formula is C43H45Cl5N4Na2O13P-. The number of hydrogen-bond acceptors (Lipinski definition) is 16. The van der Waals surface area contributed by atoms with Crippen molar-refractivity contribution in [3.05, 3.63) is 157 Å². The summed E-state index contributed by atoms with van der Waals surface area (Å²) in [5.74, 6) is 0.137. The number of halogens is 5. The first kappa shape index (κ1) is 73.2. The zero-order valence-corrected chi connectivity index (χ0v) is 46.0. The Morgan fingerprint density at radius 3 is 1.38 bits per heavy atom. The number of aromatic nitrogens is 2. The quantitative estimate of drug-likeness (QED) is 0.0466. The number of esters is 2. The largest absolute Gasteiger partial charge is 1.00 e. The van der Waals surface area contributed by atoms with Gasteiger partial charge in [-0.3, -0.25) is 33.5 Å².